The molecule has 1 aromatic heterocycles. The number of nitrogens with zero attached hydrogens (tertiary/aromatic N) is 3. The topological polar surface area (TPSA) is 100.0 Å². The number of rotatable bonds is 7. The van der Waals surface area contributed by atoms with Gasteiger partial charge in [0.1, 0.15) is 16.9 Å². The zero-order chi connectivity index (χ0) is 27.6. The fraction of sp³-hybridized carbons (Fsp3) is 0.571. The molecule has 0 saturated heterocycles. The van der Waals surface area contributed by atoms with E-state index in [0.717, 1.165) is 16.2 Å². The van der Waals surface area contributed by atoms with Gasteiger partial charge in [0.05, 0.1) is 6.33 Å². The Kier molecular flexibility index (Phi) is 8.05. The molecular formula is C28H39N3O6. The molecule has 2 amide bonds. The van der Waals surface area contributed by atoms with Crippen LogP contribution in [0.3, 0.4) is 0 Å². The number of hydrogen-bond donors (Lipinski definition) is 0. The number of aromatic nitrogens is 2. The van der Waals surface area contributed by atoms with Crippen molar-refractivity contribution in [3.63, 3.8) is 0 Å². The van der Waals surface area contributed by atoms with E-state index in [2.05, 4.69) is 4.98 Å². The third-order valence-corrected chi connectivity index (χ3v) is 5.95. The summed E-state index contributed by atoms with van der Waals surface area (Å²) in [7, 11) is 0. The number of imide groups is 1. The van der Waals surface area contributed by atoms with Crippen LogP contribution in [-0.4, -0.2) is 50.4 Å². The minimum atomic E-state index is -0.817. The van der Waals surface area contributed by atoms with Crippen LogP contribution in [0.15, 0.2) is 36.8 Å². The zero-order valence-electron chi connectivity index (χ0n) is 23.2. The third-order valence-electron chi connectivity index (χ3n) is 5.95. The Balaban J connectivity index is 1.72. The SMILES string of the molecule is CC(=O)OC1(c2cn(-c3ccccc3C)cn2)CC1CCCN(C(=O)OC(C)(C)C)C(=O)OC(C)(C)C. The lowest BCUT2D eigenvalue weighted by Crippen LogP contribution is -2.44. The van der Waals surface area contributed by atoms with Crippen LogP contribution in [0.1, 0.15) is 79.0 Å². The second-order valence-electron chi connectivity index (χ2n) is 11.6. The number of carbonyl (C=O) groups is 3. The molecule has 1 fully saturated rings. The highest BCUT2D eigenvalue weighted by atomic mass is 16.6. The first-order valence-electron chi connectivity index (χ1n) is 12.6. The Morgan fingerprint density at radius 1 is 1.05 bits per heavy atom. The van der Waals surface area contributed by atoms with Crippen LogP contribution in [0.2, 0.25) is 0 Å². The molecular weight excluding hydrogens is 474 g/mol. The van der Waals surface area contributed by atoms with Gasteiger partial charge in [-0.15, -0.1) is 0 Å². The quantitative estimate of drug-likeness (QED) is 0.335. The van der Waals surface area contributed by atoms with Gasteiger partial charge in [0.15, 0.2) is 5.60 Å². The lowest BCUT2D eigenvalue weighted by molar-refractivity contribution is -0.150. The summed E-state index contributed by atoms with van der Waals surface area (Å²) in [6.07, 6.45) is 3.86. The van der Waals surface area contributed by atoms with E-state index in [1.54, 1.807) is 47.9 Å². The van der Waals surface area contributed by atoms with Gasteiger partial charge in [0.25, 0.3) is 0 Å². The molecule has 1 aliphatic rings. The maximum Gasteiger partial charge on any atom is 0.419 e. The molecule has 1 aromatic carbocycles. The number of carbonyl (C=O) groups excluding carboxylic acids is 3. The van der Waals surface area contributed by atoms with Crippen molar-refractivity contribution in [3.05, 3.63) is 48.0 Å². The summed E-state index contributed by atoms with van der Waals surface area (Å²) in [5.41, 5.74) is 0.462. The summed E-state index contributed by atoms with van der Waals surface area (Å²) in [5, 5.41) is 0. The van der Waals surface area contributed by atoms with Crippen LogP contribution in [0.5, 0.6) is 0 Å². The minimum absolute atomic E-state index is 0.00995. The van der Waals surface area contributed by atoms with Crippen LogP contribution in [0.4, 0.5) is 9.59 Å². The van der Waals surface area contributed by atoms with Crippen LogP contribution < -0.4 is 0 Å². The van der Waals surface area contributed by atoms with Gasteiger partial charge in [-0.25, -0.2) is 19.5 Å². The second-order valence-corrected chi connectivity index (χ2v) is 11.6. The Bertz CT molecular complexity index is 1120. The van der Waals surface area contributed by atoms with Crippen LogP contribution in [0.25, 0.3) is 5.69 Å². The number of imidazole rings is 1. The number of benzene rings is 1. The average Bonchev–Trinajstić information content (AvgIpc) is 3.19. The fourth-order valence-electron chi connectivity index (χ4n) is 4.30. The maximum atomic E-state index is 12.8. The highest BCUT2D eigenvalue weighted by Gasteiger charge is 2.60. The van der Waals surface area contributed by atoms with Crippen LogP contribution in [0, 0.1) is 12.8 Å². The van der Waals surface area contributed by atoms with E-state index in [0.29, 0.717) is 25.0 Å². The molecule has 9 heteroatoms. The van der Waals surface area contributed by atoms with Crippen molar-refractivity contribution >= 4 is 18.2 Å². The van der Waals surface area contributed by atoms with Crippen molar-refractivity contribution in [2.75, 3.05) is 6.54 Å². The van der Waals surface area contributed by atoms with Gasteiger partial charge in [-0.3, -0.25) is 4.79 Å². The highest BCUT2D eigenvalue weighted by molar-refractivity contribution is 5.88. The first kappa shape index (κ1) is 28.2. The first-order valence-corrected chi connectivity index (χ1v) is 12.6. The first-order chi connectivity index (χ1) is 17.1. The average molecular weight is 514 g/mol. The number of hydrogen-bond acceptors (Lipinski definition) is 7. The molecule has 0 bridgehead atoms. The third kappa shape index (κ3) is 7.33. The molecule has 202 valence electrons. The van der Waals surface area contributed by atoms with Crippen molar-refractivity contribution in [2.45, 2.75) is 91.5 Å². The molecule has 2 aromatic rings. The Labute approximate surface area is 219 Å². The van der Waals surface area contributed by atoms with Crippen molar-refractivity contribution in [2.24, 2.45) is 5.92 Å². The summed E-state index contributed by atoms with van der Waals surface area (Å²) in [6.45, 7) is 14.0. The monoisotopic (exact) mass is 513 g/mol. The van der Waals surface area contributed by atoms with Crippen LogP contribution in [-0.2, 0) is 24.6 Å². The molecule has 1 saturated carbocycles. The van der Waals surface area contributed by atoms with Gasteiger partial charge >= 0.3 is 18.2 Å². The van der Waals surface area contributed by atoms with Crippen molar-refractivity contribution in [1.82, 2.24) is 14.5 Å². The molecule has 0 N–H and O–H groups in total. The molecule has 37 heavy (non-hydrogen) atoms. The minimum Gasteiger partial charge on any atom is -0.452 e. The summed E-state index contributed by atoms with van der Waals surface area (Å²) in [5.74, 6) is -0.368. The van der Waals surface area contributed by atoms with E-state index < -0.39 is 29.0 Å². The lowest BCUT2D eigenvalue weighted by atomic mass is 10.1. The van der Waals surface area contributed by atoms with E-state index in [1.807, 2.05) is 42.0 Å². The van der Waals surface area contributed by atoms with E-state index >= 15 is 0 Å². The van der Waals surface area contributed by atoms with Gasteiger partial charge in [-0.2, -0.15) is 0 Å². The van der Waals surface area contributed by atoms with E-state index in [1.165, 1.54) is 6.92 Å². The predicted molar refractivity (Wildman–Crippen MR) is 138 cm³/mol. The predicted octanol–water partition coefficient (Wildman–Crippen LogP) is 5.91. The van der Waals surface area contributed by atoms with Gasteiger partial charge < -0.3 is 18.8 Å². The Hall–Kier alpha value is -3.36. The van der Waals surface area contributed by atoms with Crippen molar-refractivity contribution in [3.8, 4) is 5.69 Å². The fourth-order valence-corrected chi connectivity index (χ4v) is 4.30. The van der Waals surface area contributed by atoms with Gasteiger partial charge in [-0.05, 0) is 72.9 Å². The van der Waals surface area contributed by atoms with Gasteiger partial charge in [0.2, 0.25) is 0 Å². The molecule has 0 aliphatic heterocycles. The summed E-state index contributed by atoms with van der Waals surface area (Å²) >= 11 is 0. The molecule has 2 atom stereocenters. The van der Waals surface area contributed by atoms with E-state index in [-0.39, 0.29) is 18.4 Å². The standard InChI is InChI=1S/C28H39N3O6/c1-19-12-9-10-14-22(19)30-17-23(29-18-30)28(35-20(2)32)16-21(28)13-11-15-31(24(33)36-26(3,4)5)25(34)37-27(6,7)8/h9-10,12,14,17-18,21H,11,13,15-16H2,1-8H3. The second kappa shape index (κ2) is 10.6. The molecule has 3 rings (SSSR count). The normalized spacial score (nSPS) is 19.2. The smallest absolute Gasteiger partial charge is 0.419 e. The number of ether oxygens (including phenoxy) is 3. The number of para-hydroxylation sites is 1. The maximum absolute atomic E-state index is 12.8. The molecule has 0 spiro atoms. The molecule has 0 radical (unpaired) electrons. The number of esters is 1. The molecule has 1 aliphatic carbocycles. The van der Waals surface area contributed by atoms with Gasteiger partial charge in [-0.1, -0.05) is 18.2 Å². The van der Waals surface area contributed by atoms with E-state index in [4.69, 9.17) is 14.2 Å². The number of amides is 2. The number of aryl methyl sites for hydroxylation is 1. The van der Waals surface area contributed by atoms with Gasteiger partial charge in [0, 0.05) is 37.7 Å². The largest absolute Gasteiger partial charge is 0.452 e. The molecule has 1 heterocycles. The molecule has 2 unspecified atom stereocenters. The lowest BCUT2D eigenvalue weighted by Gasteiger charge is -2.28. The Morgan fingerprint density at radius 3 is 2.19 bits per heavy atom. The zero-order valence-corrected chi connectivity index (χ0v) is 23.2. The summed E-state index contributed by atoms with van der Waals surface area (Å²) in [4.78, 5) is 43.1. The van der Waals surface area contributed by atoms with Crippen molar-refractivity contribution in [1.29, 1.82) is 0 Å². The molecule has 9 nitrogen and oxygen atoms in total. The summed E-state index contributed by atoms with van der Waals surface area (Å²) < 4.78 is 18.6. The van der Waals surface area contributed by atoms with Crippen LogP contribution >= 0.6 is 0 Å². The van der Waals surface area contributed by atoms with E-state index in [9.17, 15) is 14.4 Å². The van der Waals surface area contributed by atoms with Crippen molar-refractivity contribution < 1.29 is 28.6 Å². The summed E-state index contributed by atoms with van der Waals surface area (Å²) in [6, 6.07) is 7.97. The highest BCUT2D eigenvalue weighted by Crippen LogP contribution is 2.57. The Morgan fingerprint density at radius 2 is 1.65 bits per heavy atom.